The fourth-order valence-corrected chi connectivity index (χ4v) is 1.92. The first-order valence-electron chi connectivity index (χ1n) is 5.35. The molecular formula is C9H12N4O6. The summed E-state index contributed by atoms with van der Waals surface area (Å²) in [5.41, 5.74) is 5.23. The van der Waals surface area contributed by atoms with E-state index in [-0.39, 0.29) is 5.82 Å². The zero-order valence-corrected chi connectivity index (χ0v) is 9.55. The molecular weight excluding hydrogens is 260 g/mol. The molecule has 0 spiro atoms. The highest BCUT2D eigenvalue weighted by molar-refractivity contribution is 5.25. The Morgan fingerprint density at radius 2 is 2.11 bits per heavy atom. The normalized spacial score (nSPS) is 30.5. The third kappa shape index (κ3) is 2.21. The van der Waals surface area contributed by atoms with Crippen LogP contribution in [0, 0.1) is 5.53 Å². The van der Waals surface area contributed by atoms with E-state index in [1.54, 1.807) is 0 Å². The highest BCUT2D eigenvalue weighted by Crippen LogP contribution is 2.30. The molecule has 2 heterocycles. The number of H-pyrrole nitrogens is 1. The Bertz CT molecular complexity index is 595. The lowest BCUT2D eigenvalue weighted by molar-refractivity contribution is -0.0541. The van der Waals surface area contributed by atoms with Gasteiger partial charge >= 0.3 is 5.69 Å². The second-order valence-electron chi connectivity index (χ2n) is 4.01. The van der Waals surface area contributed by atoms with Crippen LogP contribution in [0.4, 0.5) is 5.82 Å². The predicted octanol–water partition coefficient (Wildman–Crippen LogP) is -2.19. The molecule has 104 valence electrons. The topological polar surface area (TPSA) is 161 Å². The summed E-state index contributed by atoms with van der Waals surface area (Å²) in [6, 6.07) is 0.878. The van der Waals surface area contributed by atoms with E-state index in [2.05, 4.69) is 5.11 Å². The Morgan fingerprint density at radius 3 is 2.63 bits per heavy atom. The van der Waals surface area contributed by atoms with Crippen molar-refractivity contribution in [1.82, 2.24) is 9.55 Å². The van der Waals surface area contributed by atoms with Crippen molar-refractivity contribution in [2.75, 3.05) is 6.61 Å². The summed E-state index contributed by atoms with van der Waals surface area (Å²) in [4.78, 5) is 24.7. The van der Waals surface area contributed by atoms with Crippen LogP contribution in [-0.4, -0.2) is 49.8 Å². The molecule has 4 atom stereocenters. The summed E-state index contributed by atoms with van der Waals surface area (Å²) < 4.78 is 5.87. The fraction of sp³-hybridized carbons (Fsp3) is 0.556. The van der Waals surface area contributed by atoms with Crippen molar-refractivity contribution in [2.24, 2.45) is 5.11 Å². The number of hydrogen-bond donors (Lipinski definition) is 5. The Labute approximate surface area is 105 Å². The van der Waals surface area contributed by atoms with Gasteiger partial charge in [0.25, 0.3) is 5.56 Å². The van der Waals surface area contributed by atoms with Crippen molar-refractivity contribution >= 4 is 5.82 Å². The maximum absolute atomic E-state index is 11.7. The summed E-state index contributed by atoms with van der Waals surface area (Å²) in [5.74, 6) is -0.330. The number of aliphatic hydroxyl groups excluding tert-OH is 3. The third-order valence-electron chi connectivity index (χ3n) is 2.84. The zero-order valence-electron chi connectivity index (χ0n) is 9.55. The summed E-state index contributed by atoms with van der Waals surface area (Å²) in [5, 5.41) is 31.3. The second kappa shape index (κ2) is 5.01. The zero-order chi connectivity index (χ0) is 14.2. The molecule has 2 rings (SSSR count). The standard InChI is InChI=1S/C9H12N4O6/c10-12-4-1-5(15)11-9(18)13(4)8-7(17)6(16)3(2-14)19-8/h1,3,6-8,10,14,16-17H,2H2,(H,11,15,18)/t3-,6?,7?,8-/m0/s1. The first-order valence-corrected chi connectivity index (χ1v) is 5.35. The summed E-state index contributed by atoms with van der Waals surface area (Å²) >= 11 is 0. The fourth-order valence-electron chi connectivity index (χ4n) is 1.92. The van der Waals surface area contributed by atoms with Crippen molar-refractivity contribution in [2.45, 2.75) is 24.5 Å². The van der Waals surface area contributed by atoms with E-state index < -0.39 is 42.4 Å². The van der Waals surface area contributed by atoms with Gasteiger partial charge in [-0.1, -0.05) is 0 Å². The minimum atomic E-state index is -1.50. The molecule has 1 aliphatic heterocycles. The van der Waals surface area contributed by atoms with Gasteiger partial charge in [0.2, 0.25) is 0 Å². The van der Waals surface area contributed by atoms with E-state index in [0.29, 0.717) is 0 Å². The van der Waals surface area contributed by atoms with Crippen molar-refractivity contribution in [3.8, 4) is 0 Å². The van der Waals surface area contributed by atoms with Gasteiger partial charge in [-0.3, -0.25) is 9.78 Å². The van der Waals surface area contributed by atoms with Crippen LogP contribution in [0.2, 0.25) is 0 Å². The SMILES string of the molecule is N=Nc1cc(=O)[nH]c(=O)n1[C@H]1O[C@@H](CO)C(O)C1O. The molecule has 0 aromatic carbocycles. The maximum atomic E-state index is 11.7. The lowest BCUT2D eigenvalue weighted by Gasteiger charge is -2.18. The van der Waals surface area contributed by atoms with Crippen LogP contribution >= 0.6 is 0 Å². The minimum Gasteiger partial charge on any atom is -0.394 e. The number of nitrogens with zero attached hydrogens (tertiary/aromatic N) is 2. The minimum absolute atomic E-state index is 0.330. The van der Waals surface area contributed by atoms with Gasteiger partial charge in [-0.25, -0.2) is 14.9 Å². The van der Waals surface area contributed by atoms with Crippen molar-refractivity contribution < 1.29 is 20.1 Å². The Balaban J connectivity index is 2.51. The van der Waals surface area contributed by atoms with E-state index in [1.165, 1.54) is 0 Å². The molecule has 0 bridgehead atoms. The first kappa shape index (κ1) is 13.5. The average molecular weight is 272 g/mol. The molecule has 5 N–H and O–H groups in total. The van der Waals surface area contributed by atoms with Gasteiger partial charge in [0.15, 0.2) is 12.0 Å². The average Bonchev–Trinajstić information content (AvgIpc) is 2.65. The highest BCUT2D eigenvalue weighted by Gasteiger charge is 2.44. The quantitative estimate of drug-likeness (QED) is 0.393. The number of aromatic nitrogens is 2. The largest absolute Gasteiger partial charge is 0.394 e. The maximum Gasteiger partial charge on any atom is 0.332 e. The van der Waals surface area contributed by atoms with Crippen molar-refractivity contribution in [3.63, 3.8) is 0 Å². The number of aromatic amines is 1. The number of aliphatic hydroxyl groups is 3. The Morgan fingerprint density at radius 1 is 1.42 bits per heavy atom. The molecule has 1 aromatic heterocycles. The van der Waals surface area contributed by atoms with Gasteiger partial charge in [0.05, 0.1) is 6.61 Å². The van der Waals surface area contributed by atoms with Crippen LogP contribution in [0.25, 0.3) is 0 Å². The molecule has 2 unspecified atom stereocenters. The number of nitrogens with one attached hydrogen (secondary N) is 2. The monoisotopic (exact) mass is 272 g/mol. The van der Waals surface area contributed by atoms with E-state index in [0.717, 1.165) is 10.6 Å². The summed E-state index contributed by atoms with van der Waals surface area (Å²) in [6.45, 7) is -0.555. The third-order valence-corrected chi connectivity index (χ3v) is 2.84. The lowest BCUT2D eigenvalue weighted by Crippen LogP contribution is -2.37. The van der Waals surface area contributed by atoms with Gasteiger partial charge in [-0.05, 0) is 0 Å². The van der Waals surface area contributed by atoms with Gasteiger partial charge in [0.1, 0.15) is 18.3 Å². The molecule has 1 fully saturated rings. The smallest absolute Gasteiger partial charge is 0.332 e. The van der Waals surface area contributed by atoms with Crippen LogP contribution < -0.4 is 11.2 Å². The van der Waals surface area contributed by atoms with Crippen molar-refractivity contribution in [3.05, 3.63) is 26.9 Å². The molecule has 0 aliphatic carbocycles. The lowest BCUT2D eigenvalue weighted by atomic mass is 10.1. The van der Waals surface area contributed by atoms with Gasteiger partial charge in [0, 0.05) is 6.07 Å². The molecule has 10 heteroatoms. The Kier molecular flexibility index (Phi) is 3.57. The van der Waals surface area contributed by atoms with Gasteiger partial charge in [-0.2, -0.15) is 0 Å². The molecule has 1 aliphatic rings. The molecule has 0 saturated carbocycles. The van der Waals surface area contributed by atoms with E-state index in [4.69, 9.17) is 15.4 Å². The Hall–Kier alpha value is -1.88. The first-order chi connectivity index (χ1) is 8.99. The van der Waals surface area contributed by atoms with E-state index >= 15 is 0 Å². The molecule has 1 aromatic rings. The molecule has 0 amide bonds. The van der Waals surface area contributed by atoms with Gasteiger partial charge < -0.3 is 20.1 Å². The van der Waals surface area contributed by atoms with Crippen LogP contribution in [0.5, 0.6) is 0 Å². The van der Waals surface area contributed by atoms with Crippen LogP contribution in [0.1, 0.15) is 6.23 Å². The molecule has 1 saturated heterocycles. The number of ether oxygens (including phenoxy) is 1. The highest BCUT2D eigenvalue weighted by atomic mass is 16.6. The van der Waals surface area contributed by atoms with E-state index in [9.17, 15) is 19.8 Å². The predicted molar refractivity (Wildman–Crippen MR) is 59.1 cm³/mol. The number of rotatable bonds is 3. The van der Waals surface area contributed by atoms with Gasteiger partial charge in [-0.15, -0.1) is 5.11 Å². The molecule has 0 radical (unpaired) electrons. The second-order valence-corrected chi connectivity index (χ2v) is 4.01. The summed E-state index contributed by atoms with van der Waals surface area (Å²) in [7, 11) is 0. The van der Waals surface area contributed by atoms with Crippen molar-refractivity contribution in [1.29, 1.82) is 5.53 Å². The van der Waals surface area contributed by atoms with E-state index in [1.807, 2.05) is 4.98 Å². The van der Waals surface area contributed by atoms with Crippen LogP contribution in [0.3, 0.4) is 0 Å². The number of hydrogen-bond acceptors (Lipinski definition) is 8. The van der Waals surface area contributed by atoms with Crippen LogP contribution in [-0.2, 0) is 4.74 Å². The molecule has 10 nitrogen and oxygen atoms in total. The summed E-state index contributed by atoms with van der Waals surface area (Å²) in [6.07, 6.45) is -5.31. The molecule has 19 heavy (non-hydrogen) atoms. The van der Waals surface area contributed by atoms with Crippen LogP contribution in [0.15, 0.2) is 20.8 Å².